The Morgan fingerprint density at radius 3 is 2.00 bits per heavy atom. The fourth-order valence-electron chi connectivity index (χ4n) is 1.73. The zero-order valence-corrected chi connectivity index (χ0v) is 14.8. The molecule has 0 N–H and O–H groups in total. The van der Waals surface area contributed by atoms with Crippen LogP contribution in [-0.4, -0.2) is 62.3 Å². The van der Waals surface area contributed by atoms with Crippen molar-refractivity contribution in [2.45, 2.75) is 27.2 Å². The second-order valence-electron chi connectivity index (χ2n) is 3.74. The molecule has 1 aliphatic heterocycles. The van der Waals surface area contributed by atoms with Gasteiger partial charge in [0.25, 0.3) is 0 Å². The molecule has 0 amide bonds. The predicted octanol–water partition coefficient (Wildman–Crippen LogP) is 1.89. The van der Waals surface area contributed by atoms with Crippen molar-refractivity contribution < 1.29 is 37.4 Å². The van der Waals surface area contributed by atoms with E-state index in [1.165, 1.54) is 32.7 Å². The Bertz CT molecular complexity index is 139. The second-order valence-corrected chi connectivity index (χ2v) is 3.74. The molecule has 1 saturated heterocycles. The summed E-state index contributed by atoms with van der Waals surface area (Å²) in [5, 5.41) is 0. The fraction of sp³-hybridized carbons (Fsp3) is 0.923. The van der Waals surface area contributed by atoms with Crippen molar-refractivity contribution in [2.75, 3.05) is 52.5 Å². The van der Waals surface area contributed by atoms with Crippen LogP contribution in [0, 0.1) is 6.92 Å². The van der Waals surface area contributed by atoms with Gasteiger partial charge in [0.15, 0.2) is 0 Å². The Labute approximate surface area is 133 Å². The quantitative estimate of drug-likeness (QED) is 0.549. The third-order valence-corrected chi connectivity index (χ3v) is 2.75. The van der Waals surface area contributed by atoms with E-state index in [0.29, 0.717) is 0 Å². The largest absolute Gasteiger partial charge is 0.383 e. The Morgan fingerprint density at radius 1 is 1.00 bits per heavy atom. The van der Waals surface area contributed by atoms with Crippen LogP contribution in [0.4, 0.5) is 0 Å². The van der Waals surface area contributed by atoms with E-state index in [-0.39, 0.29) is 32.7 Å². The van der Waals surface area contributed by atoms with Gasteiger partial charge in [0.2, 0.25) is 0 Å². The number of nitrogens with zero attached hydrogens (tertiary/aromatic N) is 2. The van der Waals surface area contributed by atoms with E-state index in [9.17, 15) is 0 Å². The molecule has 1 aliphatic rings. The maximum atomic E-state index is 5.42. The van der Waals surface area contributed by atoms with E-state index in [1.807, 2.05) is 13.8 Å². The molecule has 3 nitrogen and oxygen atoms in total. The number of likely N-dealkylation sites (N-methyl/N-ethyl adjacent to an activating group) is 1. The van der Waals surface area contributed by atoms with Gasteiger partial charge in [0, 0.05) is 72.0 Å². The van der Waals surface area contributed by atoms with Gasteiger partial charge in [-0.3, -0.25) is 4.90 Å². The zero-order valence-electron chi connectivity index (χ0n) is 12.0. The predicted molar refractivity (Wildman–Crippen MR) is 70.7 cm³/mol. The van der Waals surface area contributed by atoms with E-state index in [2.05, 4.69) is 23.6 Å². The standard InChI is InChI=1S/C11H23N2O.C2H6.Y/c1-3-10-14-11-9-13-7-5-12(4-2)6-8-13;1-2;/h1,3-11H2,2H3;1-2H3;/q-1;;. The van der Waals surface area contributed by atoms with Crippen molar-refractivity contribution in [2.24, 2.45) is 0 Å². The van der Waals surface area contributed by atoms with E-state index < -0.39 is 0 Å². The number of ether oxygens (including phenoxy) is 1. The molecule has 101 valence electrons. The molecule has 0 bridgehead atoms. The van der Waals surface area contributed by atoms with Gasteiger partial charge < -0.3 is 16.6 Å². The Kier molecular flexibility index (Phi) is 18.0. The first kappa shape index (κ1) is 20.3. The maximum absolute atomic E-state index is 5.42. The summed E-state index contributed by atoms with van der Waals surface area (Å²) in [7, 11) is 0. The van der Waals surface area contributed by atoms with Crippen LogP contribution >= 0.6 is 0 Å². The molecular weight excluding hydrogens is 289 g/mol. The SMILES string of the molecule is CC.[CH2-]CCOCCN1CCN(CC)CC1.[Y]. The first-order chi connectivity index (χ1) is 7.86. The number of rotatable bonds is 6. The van der Waals surface area contributed by atoms with Crippen LogP contribution < -0.4 is 0 Å². The van der Waals surface area contributed by atoms with Crippen molar-refractivity contribution in [1.29, 1.82) is 0 Å². The van der Waals surface area contributed by atoms with Crippen LogP contribution in [-0.2, 0) is 37.4 Å². The zero-order chi connectivity index (χ0) is 12.2. The summed E-state index contributed by atoms with van der Waals surface area (Å²) >= 11 is 0. The molecule has 1 fully saturated rings. The van der Waals surface area contributed by atoms with Crippen molar-refractivity contribution in [3.05, 3.63) is 6.92 Å². The van der Waals surface area contributed by atoms with Crippen LogP contribution in [0.15, 0.2) is 0 Å². The average molecular weight is 318 g/mol. The molecule has 0 aromatic carbocycles. The molecule has 0 aromatic rings. The third-order valence-electron chi connectivity index (χ3n) is 2.75. The van der Waals surface area contributed by atoms with Crippen LogP contribution in [0.25, 0.3) is 0 Å². The van der Waals surface area contributed by atoms with Crippen molar-refractivity contribution in [3.8, 4) is 0 Å². The first-order valence-electron chi connectivity index (χ1n) is 6.68. The third kappa shape index (κ3) is 10.6. The Morgan fingerprint density at radius 2 is 1.53 bits per heavy atom. The monoisotopic (exact) mass is 318 g/mol. The molecule has 1 rings (SSSR count). The molecule has 4 heteroatoms. The van der Waals surface area contributed by atoms with Gasteiger partial charge in [-0.1, -0.05) is 20.8 Å². The van der Waals surface area contributed by atoms with Gasteiger partial charge in [-0.15, -0.1) is 0 Å². The number of piperazine rings is 1. The van der Waals surface area contributed by atoms with Gasteiger partial charge in [0.1, 0.15) is 0 Å². The van der Waals surface area contributed by atoms with Crippen molar-refractivity contribution >= 4 is 0 Å². The van der Waals surface area contributed by atoms with Crippen LogP contribution in [0.3, 0.4) is 0 Å². The molecule has 1 radical (unpaired) electrons. The Balaban J connectivity index is 0. The smallest absolute Gasteiger partial charge is 0.0592 e. The van der Waals surface area contributed by atoms with Gasteiger partial charge in [-0.05, 0) is 6.54 Å². The van der Waals surface area contributed by atoms with Gasteiger partial charge in [-0.25, -0.2) is 0 Å². The minimum absolute atomic E-state index is 0. The molecule has 0 unspecified atom stereocenters. The Hall–Kier alpha value is 0.984. The summed E-state index contributed by atoms with van der Waals surface area (Å²) in [6.45, 7) is 18.7. The minimum atomic E-state index is 0. The maximum Gasteiger partial charge on any atom is 0.0592 e. The molecule has 0 spiro atoms. The minimum Gasteiger partial charge on any atom is -0.383 e. The summed E-state index contributed by atoms with van der Waals surface area (Å²) in [5.41, 5.74) is 0. The van der Waals surface area contributed by atoms with Crippen molar-refractivity contribution in [3.63, 3.8) is 0 Å². The molecule has 0 aliphatic carbocycles. The normalized spacial score (nSPS) is 16.9. The van der Waals surface area contributed by atoms with E-state index in [4.69, 9.17) is 4.74 Å². The average Bonchev–Trinajstić information content (AvgIpc) is 2.38. The van der Waals surface area contributed by atoms with E-state index in [0.717, 1.165) is 26.2 Å². The summed E-state index contributed by atoms with van der Waals surface area (Å²) in [6.07, 6.45) is 0.879. The van der Waals surface area contributed by atoms with Gasteiger partial charge in [0.05, 0.1) is 6.61 Å². The summed E-state index contributed by atoms with van der Waals surface area (Å²) in [6, 6.07) is 0. The topological polar surface area (TPSA) is 15.7 Å². The molecule has 1 heterocycles. The molecular formula is C13H29N2OY-. The molecule has 0 aromatic heterocycles. The van der Waals surface area contributed by atoms with Crippen LogP contribution in [0.1, 0.15) is 27.2 Å². The second kappa shape index (κ2) is 15.0. The summed E-state index contributed by atoms with van der Waals surface area (Å²) in [4.78, 5) is 4.97. The van der Waals surface area contributed by atoms with Gasteiger partial charge >= 0.3 is 0 Å². The summed E-state index contributed by atoms with van der Waals surface area (Å²) < 4.78 is 5.42. The molecule has 0 saturated carbocycles. The summed E-state index contributed by atoms with van der Waals surface area (Å²) in [5.74, 6) is 0. The number of hydrogen-bond acceptors (Lipinski definition) is 3. The van der Waals surface area contributed by atoms with Crippen LogP contribution in [0.2, 0.25) is 0 Å². The van der Waals surface area contributed by atoms with Gasteiger partial charge in [-0.2, -0.15) is 6.42 Å². The first-order valence-corrected chi connectivity index (χ1v) is 6.68. The number of hydrogen-bond donors (Lipinski definition) is 0. The van der Waals surface area contributed by atoms with Crippen molar-refractivity contribution in [1.82, 2.24) is 9.80 Å². The molecule has 0 atom stereocenters. The van der Waals surface area contributed by atoms with E-state index >= 15 is 0 Å². The molecule has 17 heavy (non-hydrogen) atoms. The van der Waals surface area contributed by atoms with E-state index in [1.54, 1.807) is 0 Å². The van der Waals surface area contributed by atoms with Crippen LogP contribution in [0.5, 0.6) is 0 Å². The fourth-order valence-corrected chi connectivity index (χ4v) is 1.73.